The third-order valence-electron chi connectivity index (χ3n) is 3.14. The Morgan fingerprint density at radius 3 is 2.88 bits per heavy atom. The number of para-hydroxylation sites is 1. The van der Waals surface area contributed by atoms with E-state index in [9.17, 15) is 9.18 Å². The predicted octanol–water partition coefficient (Wildman–Crippen LogP) is 1.99. The fraction of sp³-hybridized carbons (Fsp3) is 0.0625. The van der Waals surface area contributed by atoms with Gasteiger partial charge in [0.05, 0.1) is 11.3 Å². The van der Waals surface area contributed by atoms with E-state index in [1.165, 1.54) is 18.2 Å². The van der Waals surface area contributed by atoms with Gasteiger partial charge < -0.3 is 5.32 Å². The lowest BCUT2D eigenvalue weighted by atomic mass is 10.2. The minimum absolute atomic E-state index is 0.178. The lowest BCUT2D eigenvalue weighted by Crippen LogP contribution is -2.21. The Hall–Kier alpha value is -3.60. The summed E-state index contributed by atoms with van der Waals surface area (Å²) in [6, 6.07) is 14.4. The van der Waals surface area contributed by atoms with Crippen LogP contribution in [-0.2, 0) is 11.3 Å². The summed E-state index contributed by atoms with van der Waals surface area (Å²) in [6.07, 6.45) is 0. The molecule has 1 amide bonds. The largest absolute Gasteiger partial charge is 0.323 e. The lowest BCUT2D eigenvalue weighted by molar-refractivity contribution is -0.117. The summed E-state index contributed by atoms with van der Waals surface area (Å²) in [4.78, 5) is 13.1. The number of hydrogen-bond donors (Lipinski definition) is 1. The molecular weight excluding hydrogens is 311 g/mol. The van der Waals surface area contributed by atoms with Crippen molar-refractivity contribution in [3.63, 3.8) is 0 Å². The summed E-state index contributed by atoms with van der Waals surface area (Å²) in [6.45, 7) is -0.178. The Morgan fingerprint density at radius 2 is 2.08 bits per heavy atom. The molecule has 0 bridgehead atoms. The Kier molecular flexibility index (Phi) is 4.25. The number of tetrazole rings is 1. The zero-order chi connectivity index (χ0) is 16.9. The second-order valence-electron chi connectivity index (χ2n) is 4.86. The molecule has 118 valence electrons. The van der Waals surface area contributed by atoms with Crippen LogP contribution in [0.3, 0.4) is 0 Å². The first-order valence-corrected chi connectivity index (χ1v) is 6.98. The first kappa shape index (κ1) is 15.3. The van der Waals surface area contributed by atoms with Crippen molar-refractivity contribution in [2.75, 3.05) is 5.32 Å². The van der Waals surface area contributed by atoms with Crippen LogP contribution in [0.1, 0.15) is 5.56 Å². The van der Waals surface area contributed by atoms with Gasteiger partial charge in [0.2, 0.25) is 11.7 Å². The molecule has 1 aromatic heterocycles. The van der Waals surface area contributed by atoms with Crippen LogP contribution in [0, 0.1) is 17.1 Å². The van der Waals surface area contributed by atoms with Gasteiger partial charge in [0, 0.05) is 5.56 Å². The van der Waals surface area contributed by atoms with Crippen LogP contribution in [0.5, 0.6) is 0 Å². The molecule has 0 fully saturated rings. The zero-order valence-electron chi connectivity index (χ0n) is 12.3. The standard InChI is InChI=1S/C16H11FN6O/c17-13-6-3-5-11(8-13)16-20-22-23(21-16)10-15(24)19-14-7-2-1-4-12(14)9-18/h1-8H,10H2,(H,19,24). The normalized spacial score (nSPS) is 10.2. The van der Waals surface area contributed by atoms with Crippen molar-refractivity contribution in [2.45, 2.75) is 6.54 Å². The quantitative estimate of drug-likeness (QED) is 0.792. The number of nitrogens with zero attached hydrogens (tertiary/aromatic N) is 5. The Labute approximate surface area is 136 Å². The third kappa shape index (κ3) is 3.41. The molecule has 1 N–H and O–H groups in total. The van der Waals surface area contributed by atoms with E-state index in [1.54, 1.807) is 30.3 Å². The van der Waals surface area contributed by atoms with E-state index in [0.29, 0.717) is 16.8 Å². The van der Waals surface area contributed by atoms with Crippen LogP contribution in [0.2, 0.25) is 0 Å². The van der Waals surface area contributed by atoms with E-state index in [0.717, 1.165) is 4.80 Å². The molecule has 0 radical (unpaired) electrons. The summed E-state index contributed by atoms with van der Waals surface area (Å²) >= 11 is 0. The van der Waals surface area contributed by atoms with Gasteiger partial charge in [0.25, 0.3) is 0 Å². The van der Waals surface area contributed by atoms with Gasteiger partial charge in [-0.3, -0.25) is 4.79 Å². The number of benzene rings is 2. The zero-order valence-corrected chi connectivity index (χ0v) is 12.3. The Morgan fingerprint density at radius 1 is 1.25 bits per heavy atom. The summed E-state index contributed by atoms with van der Waals surface area (Å²) in [5.74, 6) is -0.588. The fourth-order valence-corrected chi connectivity index (χ4v) is 2.06. The maximum absolute atomic E-state index is 13.2. The molecule has 0 aliphatic rings. The summed E-state index contributed by atoms with van der Waals surface area (Å²) in [5.41, 5.74) is 1.24. The van der Waals surface area contributed by atoms with Gasteiger partial charge in [-0.15, -0.1) is 10.2 Å². The van der Waals surface area contributed by atoms with Crippen molar-refractivity contribution in [1.29, 1.82) is 5.26 Å². The highest BCUT2D eigenvalue weighted by Gasteiger charge is 2.11. The average molecular weight is 322 g/mol. The first-order valence-electron chi connectivity index (χ1n) is 6.98. The van der Waals surface area contributed by atoms with E-state index >= 15 is 0 Å². The minimum Gasteiger partial charge on any atom is -0.323 e. The lowest BCUT2D eigenvalue weighted by Gasteiger charge is -2.05. The molecule has 0 aliphatic heterocycles. The maximum atomic E-state index is 13.2. The fourth-order valence-electron chi connectivity index (χ4n) is 2.06. The molecule has 3 rings (SSSR count). The van der Waals surface area contributed by atoms with Gasteiger partial charge in [-0.2, -0.15) is 10.1 Å². The Bertz CT molecular complexity index is 930. The summed E-state index contributed by atoms with van der Waals surface area (Å²) in [7, 11) is 0. The van der Waals surface area contributed by atoms with Crippen molar-refractivity contribution in [2.24, 2.45) is 0 Å². The van der Waals surface area contributed by atoms with E-state index in [1.807, 2.05) is 6.07 Å². The molecule has 0 aliphatic carbocycles. The highest BCUT2D eigenvalue weighted by molar-refractivity contribution is 5.91. The monoisotopic (exact) mass is 322 g/mol. The number of rotatable bonds is 4. The molecule has 24 heavy (non-hydrogen) atoms. The van der Waals surface area contributed by atoms with Crippen LogP contribution >= 0.6 is 0 Å². The summed E-state index contributed by atoms with van der Waals surface area (Å²) < 4.78 is 13.2. The second kappa shape index (κ2) is 6.66. The SMILES string of the molecule is N#Cc1ccccc1NC(=O)Cn1nnc(-c2cccc(F)c2)n1. The number of halogens is 1. The van der Waals surface area contributed by atoms with E-state index in [-0.39, 0.29) is 12.4 Å². The maximum Gasteiger partial charge on any atom is 0.248 e. The molecule has 0 unspecified atom stereocenters. The smallest absolute Gasteiger partial charge is 0.248 e. The van der Waals surface area contributed by atoms with Gasteiger partial charge in [-0.1, -0.05) is 24.3 Å². The number of aromatic nitrogens is 4. The molecule has 2 aromatic carbocycles. The molecule has 1 heterocycles. The number of carbonyl (C=O) groups is 1. The number of hydrogen-bond acceptors (Lipinski definition) is 5. The third-order valence-corrected chi connectivity index (χ3v) is 3.14. The minimum atomic E-state index is -0.408. The second-order valence-corrected chi connectivity index (χ2v) is 4.86. The highest BCUT2D eigenvalue weighted by Crippen LogP contribution is 2.15. The van der Waals surface area contributed by atoms with Gasteiger partial charge in [0.1, 0.15) is 18.4 Å². The number of anilines is 1. The van der Waals surface area contributed by atoms with Gasteiger partial charge in [-0.05, 0) is 29.5 Å². The van der Waals surface area contributed by atoms with Gasteiger partial charge in [0.15, 0.2) is 0 Å². The molecular formula is C16H11FN6O. The Balaban J connectivity index is 1.71. The van der Waals surface area contributed by atoms with Gasteiger partial charge >= 0.3 is 0 Å². The van der Waals surface area contributed by atoms with E-state index in [2.05, 4.69) is 20.7 Å². The number of carbonyl (C=O) groups excluding carboxylic acids is 1. The molecule has 0 spiro atoms. The number of amides is 1. The highest BCUT2D eigenvalue weighted by atomic mass is 19.1. The summed E-state index contributed by atoms with van der Waals surface area (Å²) in [5, 5.41) is 23.2. The molecule has 0 saturated heterocycles. The number of nitrogens with one attached hydrogen (secondary N) is 1. The average Bonchev–Trinajstić information content (AvgIpc) is 3.03. The predicted molar refractivity (Wildman–Crippen MR) is 83.0 cm³/mol. The van der Waals surface area contributed by atoms with Crippen molar-refractivity contribution < 1.29 is 9.18 Å². The van der Waals surface area contributed by atoms with Crippen LogP contribution in [0.15, 0.2) is 48.5 Å². The van der Waals surface area contributed by atoms with Crippen molar-refractivity contribution in [3.8, 4) is 17.5 Å². The van der Waals surface area contributed by atoms with Crippen molar-refractivity contribution in [1.82, 2.24) is 20.2 Å². The van der Waals surface area contributed by atoms with Crippen molar-refractivity contribution >= 4 is 11.6 Å². The first-order chi connectivity index (χ1) is 11.7. The van der Waals surface area contributed by atoms with E-state index in [4.69, 9.17) is 5.26 Å². The van der Waals surface area contributed by atoms with Crippen LogP contribution in [0.25, 0.3) is 11.4 Å². The van der Waals surface area contributed by atoms with Crippen LogP contribution in [-0.4, -0.2) is 26.1 Å². The van der Waals surface area contributed by atoms with Crippen LogP contribution in [0.4, 0.5) is 10.1 Å². The molecule has 0 atom stereocenters. The topological polar surface area (TPSA) is 96.5 Å². The molecule has 8 heteroatoms. The number of nitriles is 1. The van der Waals surface area contributed by atoms with Crippen LogP contribution < -0.4 is 5.32 Å². The van der Waals surface area contributed by atoms with Crippen molar-refractivity contribution in [3.05, 3.63) is 59.9 Å². The molecule has 7 nitrogen and oxygen atoms in total. The molecule has 0 saturated carbocycles. The van der Waals surface area contributed by atoms with Gasteiger partial charge in [-0.25, -0.2) is 4.39 Å². The molecule has 3 aromatic rings. The van der Waals surface area contributed by atoms with E-state index < -0.39 is 11.7 Å².